The number of methoxy groups -OCH3 is 2. The van der Waals surface area contributed by atoms with Gasteiger partial charge in [-0.25, -0.2) is 9.59 Å². The summed E-state index contributed by atoms with van der Waals surface area (Å²) < 4.78 is 10.3. The van der Waals surface area contributed by atoms with Crippen LogP contribution in [0, 0.1) is 0 Å². The lowest BCUT2D eigenvalue weighted by molar-refractivity contribution is -0.159. The van der Waals surface area contributed by atoms with E-state index in [0.29, 0.717) is 24.6 Å². The van der Waals surface area contributed by atoms with E-state index in [2.05, 4.69) is 5.32 Å². The van der Waals surface area contributed by atoms with Crippen molar-refractivity contribution in [1.82, 2.24) is 5.32 Å². The molecule has 9 heteroatoms. The van der Waals surface area contributed by atoms with Crippen LogP contribution in [0.15, 0.2) is 18.2 Å². The summed E-state index contributed by atoms with van der Waals surface area (Å²) >= 11 is 0. The molecule has 1 atom stereocenters. The highest BCUT2D eigenvalue weighted by Gasteiger charge is 2.05. The van der Waals surface area contributed by atoms with Crippen LogP contribution >= 0.6 is 0 Å². The van der Waals surface area contributed by atoms with Gasteiger partial charge in [-0.15, -0.1) is 0 Å². The van der Waals surface area contributed by atoms with Crippen molar-refractivity contribution in [3.05, 3.63) is 23.8 Å². The van der Waals surface area contributed by atoms with Crippen LogP contribution in [0.3, 0.4) is 0 Å². The van der Waals surface area contributed by atoms with E-state index in [0.717, 1.165) is 5.56 Å². The molecule has 0 heterocycles. The van der Waals surface area contributed by atoms with Crippen molar-refractivity contribution in [3.63, 3.8) is 0 Å². The third-order valence-corrected chi connectivity index (χ3v) is 2.55. The van der Waals surface area contributed by atoms with Gasteiger partial charge in [-0.3, -0.25) is 0 Å². The lowest BCUT2D eigenvalue weighted by Crippen LogP contribution is -2.28. The molecule has 1 aromatic rings. The fraction of sp³-hybridized carbons (Fsp3) is 0.429. The predicted molar refractivity (Wildman–Crippen MR) is 79.6 cm³/mol. The number of ether oxygens (including phenoxy) is 2. The fourth-order valence-corrected chi connectivity index (χ4v) is 1.44. The number of carboxylic acid groups (broad SMARTS) is 2. The molecule has 23 heavy (non-hydrogen) atoms. The predicted octanol–water partition coefficient (Wildman–Crippen LogP) is -0.698. The number of aliphatic hydroxyl groups is 2. The molecule has 1 rings (SSSR count). The lowest BCUT2D eigenvalue weighted by Gasteiger charge is -2.11. The largest absolute Gasteiger partial charge is 0.493 e. The molecule has 0 aromatic heterocycles. The summed E-state index contributed by atoms with van der Waals surface area (Å²) in [4.78, 5) is 18.2. The van der Waals surface area contributed by atoms with E-state index >= 15 is 0 Å². The number of hydrogen-bond donors (Lipinski definition) is 5. The fourth-order valence-electron chi connectivity index (χ4n) is 1.44. The van der Waals surface area contributed by atoms with Crippen LogP contribution in [0.25, 0.3) is 0 Å². The molecule has 0 saturated carbocycles. The number of benzene rings is 1. The van der Waals surface area contributed by atoms with Gasteiger partial charge in [0.05, 0.1) is 26.9 Å². The highest BCUT2D eigenvalue weighted by atomic mass is 16.5. The average Bonchev–Trinajstić information content (AvgIpc) is 2.54. The van der Waals surface area contributed by atoms with Crippen LogP contribution in [0.4, 0.5) is 0 Å². The van der Waals surface area contributed by atoms with Gasteiger partial charge < -0.3 is 35.2 Å². The van der Waals surface area contributed by atoms with Crippen molar-refractivity contribution in [2.24, 2.45) is 0 Å². The standard InChI is InChI=1S/C12H19NO4.C2H2O4/c1-16-11-4-3-9(5-12(11)17-2)6-13-7-10(15)8-14;3-1(4)2(5)6/h3-5,10,13-15H,6-8H2,1-2H3;(H,3,4)(H,5,6). The number of hydrogen-bond acceptors (Lipinski definition) is 7. The Morgan fingerprint density at radius 3 is 2.13 bits per heavy atom. The SMILES string of the molecule is COc1ccc(CNCC(O)CO)cc1OC.O=C(O)C(=O)O. The molecule has 0 spiro atoms. The number of aliphatic carboxylic acids is 2. The zero-order valence-electron chi connectivity index (χ0n) is 12.9. The normalized spacial score (nSPS) is 11.0. The van der Waals surface area contributed by atoms with Crippen molar-refractivity contribution < 1.29 is 39.5 Å². The Morgan fingerprint density at radius 2 is 1.70 bits per heavy atom. The highest BCUT2D eigenvalue weighted by Crippen LogP contribution is 2.27. The molecule has 0 saturated heterocycles. The van der Waals surface area contributed by atoms with Crippen LogP contribution < -0.4 is 14.8 Å². The first-order valence-corrected chi connectivity index (χ1v) is 6.52. The van der Waals surface area contributed by atoms with Crippen molar-refractivity contribution in [3.8, 4) is 11.5 Å². The quantitative estimate of drug-likeness (QED) is 0.409. The third-order valence-electron chi connectivity index (χ3n) is 2.55. The van der Waals surface area contributed by atoms with Crippen LogP contribution in [0.2, 0.25) is 0 Å². The van der Waals surface area contributed by atoms with Gasteiger partial charge in [0.1, 0.15) is 0 Å². The second kappa shape index (κ2) is 11.2. The van der Waals surface area contributed by atoms with Crippen LogP contribution in [-0.4, -0.2) is 65.8 Å². The summed E-state index contributed by atoms with van der Waals surface area (Å²) in [6.45, 7) is 0.710. The molecule has 0 fully saturated rings. The molecule has 1 aromatic carbocycles. The maximum Gasteiger partial charge on any atom is 0.414 e. The van der Waals surface area contributed by atoms with E-state index in [1.54, 1.807) is 14.2 Å². The van der Waals surface area contributed by atoms with Gasteiger partial charge in [0, 0.05) is 13.1 Å². The molecule has 0 bridgehead atoms. The second-order valence-corrected chi connectivity index (χ2v) is 4.27. The molecule has 1 unspecified atom stereocenters. The number of nitrogens with one attached hydrogen (secondary N) is 1. The topological polar surface area (TPSA) is 146 Å². The monoisotopic (exact) mass is 331 g/mol. The van der Waals surface area contributed by atoms with Gasteiger partial charge >= 0.3 is 11.9 Å². The Kier molecular flexibility index (Phi) is 10.1. The van der Waals surface area contributed by atoms with Crippen molar-refractivity contribution in [2.75, 3.05) is 27.4 Å². The van der Waals surface area contributed by atoms with Gasteiger partial charge in [0.2, 0.25) is 0 Å². The summed E-state index contributed by atoms with van der Waals surface area (Å²) in [5, 5.41) is 35.6. The average molecular weight is 331 g/mol. The van der Waals surface area contributed by atoms with E-state index in [4.69, 9.17) is 39.5 Å². The maximum absolute atomic E-state index is 9.16. The molecule has 0 aliphatic rings. The van der Waals surface area contributed by atoms with Crippen molar-refractivity contribution >= 4 is 11.9 Å². The smallest absolute Gasteiger partial charge is 0.414 e. The number of carbonyl (C=O) groups is 2. The van der Waals surface area contributed by atoms with E-state index in [9.17, 15) is 0 Å². The summed E-state index contributed by atoms with van der Waals surface area (Å²) in [7, 11) is 3.18. The van der Waals surface area contributed by atoms with Crippen molar-refractivity contribution in [1.29, 1.82) is 0 Å². The Morgan fingerprint density at radius 1 is 1.13 bits per heavy atom. The zero-order chi connectivity index (χ0) is 17.8. The van der Waals surface area contributed by atoms with Crippen molar-refractivity contribution in [2.45, 2.75) is 12.6 Å². The molecule has 0 aliphatic carbocycles. The van der Waals surface area contributed by atoms with Gasteiger partial charge in [0.25, 0.3) is 0 Å². The molecule has 0 aliphatic heterocycles. The van der Waals surface area contributed by atoms with E-state index in [1.807, 2.05) is 18.2 Å². The van der Waals surface area contributed by atoms with Gasteiger partial charge in [-0.2, -0.15) is 0 Å². The first-order chi connectivity index (χ1) is 10.8. The first-order valence-electron chi connectivity index (χ1n) is 6.52. The molecular formula is C14H21NO8. The van der Waals surface area contributed by atoms with Crippen LogP contribution in [-0.2, 0) is 16.1 Å². The Labute approximate surface area is 133 Å². The minimum atomic E-state index is -1.82. The molecule has 0 amide bonds. The molecule has 0 radical (unpaired) electrons. The Bertz CT molecular complexity index is 494. The number of rotatable bonds is 7. The number of carboxylic acids is 2. The van der Waals surface area contributed by atoms with Gasteiger partial charge in [0.15, 0.2) is 11.5 Å². The first kappa shape index (κ1) is 20.6. The summed E-state index contributed by atoms with van der Waals surface area (Å²) in [5.41, 5.74) is 1.02. The Balaban J connectivity index is 0.000000688. The molecular weight excluding hydrogens is 310 g/mol. The zero-order valence-corrected chi connectivity index (χ0v) is 12.9. The lowest BCUT2D eigenvalue weighted by atomic mass is 10.2. The van der Waals surface area contributed by atoms with Gasteiger partial charge in [-0.05, 0) is 17.7 Å². The minimum absolute atomic E-state index is 0.237. The Hall–Kier alpha value is -2.36. The van der Waals surface area contributed by atoms with Gasteiger partial charge in [-0.1, -0.05) is 6.07 Å². The summed E-state index contributed by atoms with van der Waals surface area (Å²) in [6, 6.07) is 5.62. The van der Waals surface area contributed by atoms with E-state index in [-0.39, 0.29) is 6.61 Å². The maximum atomic E-state index is 9.16. The van der Waals surface area contributed by atoms with E-state index < -0.39 is 18.0 Å². The molecule has 5 N–H and O–H groups in total. The second-order valence-electron chi connectivity index (χ2n) is 4.27. The molecule has 9 nitrogen and oxygen atoms in total. The molecule has 130 valence electrons. The summed E-state index contributed by atoms with van der Waals surface area (Å²) in [6.07, 6.45) is -0.727. The third kappa shape index (κ3) is 8.61. The number of aliphatic hydroxyl groups excluding tert-OH is 2. The minimum Gasteiger partial charge on any atom is -0.493 e. The summed E-state index contributed by atoms with van der Waals surface area (Å²) in [5.74, 6) is -2.29. The van der Waals surface area contributed by atoms with Crippen LogP contribution in [0.1, 0.15) is 5.56 Å². The van der Waals surface area contributed by atoms with Crippen LogP contribution in [0.5, 0.6) is 11.5 Å². The highest BCUT2D eigenvalue weighted by molar-refractivity contribution is 6.27. The van der Waals surface area contributed by atoms with E-state index in [1.165, 1.54) is 0 Å².